The van der Waals surface area contributed by atoms with Crippen molar-refractivity contribution in [1.29, 1.82) is 0 Å². The predicted octanol–water partition coefficient (Wildman–Crippen LogP) is 12.0. The predicted molar refractivity (Wildman–Crippen MR) is 236 cm³/mol. The van der Waals surface area contributed by atoms with E-state index in [0.717, 1.165) is 34.1 Å². The molecule has 0 fully saturated rings. The van der Waals surface area contributed by atoms with Gasteiger partial charge in [-0.2, -0.15) is 0 Å². The molecule has 0 saturated heterocycles. The van der Waals surface area contributed by atoms with E-state index in [1.54, 1.807) is 0 Å². The Balaban J connectivity index is 1.30. The van der Waals surface area contributed by atoms with Crippen LogP contribution in [0.3, 0.4) is 0 Å². The zero-order valence-corrected chi connectivity index (χ0v) is 30.2. The highest BCUT2D eigenvalue weighted by atomic mass is 15.2. The minimum atomic E-state index is 0.145. The summed E-state index contributed by atoms with van der Waals surface area (Å²) in [6.45, 7) is 0.145. The first-order chi connectivity index (χ1) is 27.3. The molecule has 0 saturated carbocycles. The molecule has 0 aliphatic carbocycles. The molecule has 2 nitrogen and oxygen atoms in total. The van der Waals surface area contributed by atoms with Crippen molar-refractivity contribution in [2.45, 2.75) is 0 Å². The Morgan fingerprint density at radius 1 is 0.327 bits per heavy atom. The van der Waals surface area contributed by atoms with Crippen LogP contribution in [-0.4, -0.2) is 6.71 Å². The first-order valence-corrected chi connectivity index (χ1v) is 19.1. The lowest BCUT2D eigenvalue weighted by Gasteiger charge is -2.32. The molecule has 10 aromatic carbocycles. The molecule has 0 unspecified atom stereocenters. The van der Waals surface area contributed by atoms with Gasteiger partial charge in [0, 0.05) is 38.9 Å². The van der Waals surface area contributed by atoms with Crippen LogP contribution in [0.4, 0.5) is 34.1 Å². The summed E-state index contributed by atoms with van der Waals surface area (Å²) in [4.78, 5) is 4.85. The molecule has 10 aromatic rings. The number of nitrogens with zero attached hydrogens (tertiary/aromatic N) is 2. The van der Waals surface area contributed by atoms with E-state index in [9.17, 15) is 0 Å². The first kappa shape index (κ1) is 31.4. The number of fused-ring (bicyclic) bond motifs is 4. The summed E-state index contributed by atoms with van der Waals surface area (Å²) in [5.74, 6) is 0. The third-order valence-corrected chi connectivity index (χ3v) is 11.4. The van der Waals surface area contributed by atoms with Crippen LogP contribution in [0.15, 0.2) is 212 Å². The summed E-state index contributed by atoms with van der Waals surface area (Å²) < 4.78 is 0. The van der Waals surface area contributed by atoms with Crippen LogP contribution >= 0.6 is 0 Å². The van der Waals surface area contributed by atoms with Gasteiger partial charge in [-0.15, -0.1) is 0 Å². The normalized spacial score (nSPS) is 12.0. The van der Waals surface area contributed by atoms with Crippen molar-refractivity contribution in [2.75, 3.05) is 9.80 Å². The van der Waals surface area contributed by atoms with Crippen LogP contribution in [0.5, 0.6) is 0 Å². The van der Waals surface area contributed by atoms with E-state index < -0.39 is 0 Å². The van der Waals surface area contributed by atoms with Gasteiger partial charge in [-0.05, 0) is 87.9 Å². The van der Waals surface area contributed by atoms with Gasteiger partial charge in [-0.25, -0.2) is 0 Å². The highest BCUT2D eigenvalue weighted by molar-refractivity contribution is 7.00. The third-order valence-electron chi connectivity index (χ3n) is 11.4. The number of anilines is 6. The molecule has 0 amide bonds. The summed E-state index contributed by atoms with van der Waals surface area (Å²) in [6.07, 6.45) is 0. The molecule has 1 heterocycles. The monoisotopic (exact) mass is 698 g/mol. The molecule has 0 bridgehead atoms. The lowest BCUT2D eigenvalue weighted by molar-refractivity contribution is 1.27. The lowest BCUT2D eigenvalue weighted by Crippen LogP contribution is -2.49. The molecule has 11 rings (SSSR count). The summed E-state index contributed by atoms with van der Waals surface area (Å²) in [7, 11) is 0. The average molecular weight is 699 g/mol. The van der Waals surface area contributed by atoms with Gasteiger partial charge in [0.15, 0.2) is 0 Å². The Morgan fingerprint density at radius 2 is 0.764 bits per heavy atom. The van der Waals surface area contributed by atoms with Crippen LogP contribution < -0.4 is 26.2 Å². The summed E-state index contributed by atoms with van der Waals surface area (Å²) in [5.41, 5.74) is 13.5. The fourth-order valence-corrected chi connectivity index (χ4v) is 9.16. The minimum absolute atomic E-state index is 0.145. The molecule has 1 aliphatic heterocycles. The van der Waals surface area contributed by atoms with Gasteiger partial charge in [0.2, 0.25) is 6.71 Å². The number of hydrogen-bond acceptors (Lipinski definition) is 2. The van der Waals surface area contributed by atoms with Crippen molar-refractivity contribution in [3.05, 3.63) is 212 Å². The maximum atomic E-state index is 2.46. The van der Waals surface area contributed by atoms with E-state index in [0.29, 0.717) is 0 Å². The second-order valence-corrected chi connectivity index (χ2v) is 14.4. The van der Waals surface area contributed by atoms with E-state index in [1.165, 1.54) is 59.8 Å². The Morgan fingerprint density at radius 3 is 1.29 bits per heavy atom. The number of benzene rings is 10. The number of rotatable bonds is 7. The highest BCUT2D eigenvalue weighted by Gasteiger charge is 2.36. The molecular weight excluding hydrogens is 663 g/mol. The molecule has 256 valence electrons. The van der Waals surface area contributed by atoms with E-state index >= 15 is 0 Å². The number of para-hydroxylation sites is 4. The minimum Gasteiger partial charge on any atom is -0.310 e. The van der Waals surface area contributed by atoms with E-state index in [-0.39, 0.29) is 6.71 Å². The fraction of sp³-hybridized carbons (Fsp3) is 0. The van der Waals surface area contributed by atoms with Gasteiger partial charge < -0.3 is 9.80 Å². The quantitative estimate of drug-likeness (QED) is 0.121. The molecule has 0 N–H and O–H groups in total. The Labute approximate surface area is 321 Å². The molecule has 0 spiro atoms. The van der Waals surface area contributed by atoms with Crippen molar-refractivity contribution in [3.8, 4) is 11.1 Å². The molecule has 3 heteroatoms. The van der Waals surface area contributed by atoms with Gasteiger partial charge in [0.05, 0.1) is 11.4 Å². The Kier molecular flexibility index (Phi) is 7.31. The maximum absolute atomic E-state index is 2.46. The highest BCUT2D eigenvalue weighted by Crippen LogP contribution is 2.50. The van der Waals surface area contributed by atoms with Crippen LogP contribution in [0.25, 0.3) is 43.4 Å². The summed E-state index contributed by atoms with van der Waals surface area (Å²) >= 11 is 0. The van der Waals surface area contributed by atoms with E-state index in [2.05, 4.69) is 222 Å². The maximum Gasteiger partial charge on any atom is 0.243 e. The van der Waals surface area contributed by atoms with Gasteiger partial charge in [0.25, 0.3) is 0 Å². The Hall–Kier alpha value is -7.10. The number of hydrogen-bond donors (Lipinski definition) is 0. The largest absolute Gasteiger partial charge is 0.310 e. The molecule has 55 heavy (non-hydrogen) atoms. The molecule has 0 radical (unpaired) electrons. The SMILES string of the molecule is c1ccc(B2c3ccccc3-c3cc4ccc5c(N(c6ccccc6)c6ccccc6)cc(N(c6ccccc6)c6ccccc6)c6ccc(c32)c4c56)cc1. The zero-order valence-electron chi connectivity index (χ0n) is 30.2. The summed E-state index contributed by atoms with van der Waals surface area (Å²) in [6, 6.07) is 77.6. The van der Waals surface area contributed by atoms with Crippen molar-refractivity contribution >= 4 is 89.5 Å². The standard InChI is InChI=1S/C52H35BN2/c1-6-18-37(19-7-1)53-47-29-17-16-28-42(47)46-34-36-30-31-43-48(54(38-20-8-2-9-21-38)39-22-10-3-11-23-39)35-49(44-32-33-45(52(46)53)50(36)51(43)44)55(40-24-12-4-13-25-40)41-26-14-5-15-27-41/h1-35H. The van der Waals surface area contributed by atoms with Crippen LogP contribution in [0.2, 0.25) is 0 Å². The van der Waals surface area contributed by atoms with Crippen molar-refractivity contribution in [2.24, 2.45) is 0 Å². The van der Waals surface area contributed by atoms with Crippen LogP contribution in [0, 0.1) is 0 Å². The van der Waals surface area contributed by atoms with Crippen LogP contribution in [-0.2, 0) is 0 Å². The lowest BCUT2D eigenvalue weighted by atomic mass is 9.38. The molecule has 0 atom stereocenters. The second-order valence-electron chi connectivity index (χ2n) is 14.4. The average Bonchev–Trinajstić information content (AvgIpc) is 3.59. The third kappa shape index (κ3) is 4.97. The Bertz CT molecular complexity index is 2790. The van der Waals surface area contributed by atoms with E-state index in [4.69, 9.17) is 0 Å². The van der Waals surface area contributed by atoms with Crippen molar-refractivity contribution < 1.29 is 0 Å². The van der Waals surface area contributed by atoms with Crippen molar-refractivity contribution in [1.82, 2.24) is 0 Å². The van der Waals surface area contributed by atoms with E-state index in [1.807, 2.05) is 0 Å². The molecule has 0 aromatic heterocycles. The first-order valence-electron chi connectivity index (χ1n) is 19.1. The fourth-order valence-electron chi connectivity index (χ4n) is 9.16. The second kappa shape index (κ2) is 12.8. The van der Waals surface area contributed by atoms with Gasteiger partial charge >= 0.3 is 0 Å². The molecule has 1 aliphatic rings. The van der Waals surface area contributed by atoms with Gasteiger partial charge in [0.1, 0.15) is 0 Å². The molecular formula is C52H35BN2. The van der Waals surface area contributed by atoms with Gasteiger partial charge in [-0.1, -0.05) is 168 Å². The topological polar surface area (TPSA) is 6.48 Å². The smallest absolute Gasteiger partial charge is 0.243 e. The summed E-state index contributed by atoms with van der Waals surface area (Å²) in [5, 5.41) is 7.61. The van der Waals surface area contributed by atoms with Gasteiger partial charge in [-0.3, -0.25) is 0 Å². The van der Waals surface area contributed by atoms with Crippen LogP contribution in [0.1, 0.15) is 0 Å². The zero-order chi connectivity index (χ0) is 36.3. The van der Waals surface area contributed by atoms with Crippen molar-refractivity contribution in [3.63, 3.8) is 0 Å².